The molecule has 1 saturated heterocycles. The van der Waals surface area contributed by atoms with Gasteiger partial charge in [-0.3, -0.25) is 0 Å². The molecule has 1 aromatic heterocycles. The molecule has 4 aromatic carbocycles. The highest BCUT2D eigenvalue weighted by Crippen LogP contribution is 2.39. The number of nitrogens with zero attached hydrogens (tertiary/aromatic N) is 2. The van der Waals surface area contributed by atoms with Crippen molar-refractivity contribution in [2.45, 2.75) is 58.0 Å². The van der Waals surface area contributed by atoms with Gasteiger partial charge >= 0.3 is 6.09 Å². The molecule has 2 atom stereocenters. The molecule has 0 saturated carbocycles. The second kappa shape index (κ2) is 14.4. The van der Waals surface area contributed by atoms with Crippen LogP contribution >= 0.6 is 0 Å². The van der Waals surface area contributed by atoms with Crippen molar-refractivity contribution in [3.8, 4) is 28.7 Å². The molecule has 48 heavy (non-hydrogen) atoms. The first-order valence-electron chi connectivity index (χ1n) is 16.2. The van der Waals surface area contributed by atoms with Crippen LogP contribution in [0.25, 0.3) is 22.2 Å². The monoisotopic (exact) mass is 650 g/mol. The van der Waals surface area contributed by atoms with E-state index in [9.17, 15) is 4.79 Å². The first-order chi connectivity index (χ1) is 23.2. The molecule has 9 nitrogen and oxygen atoms in total. The summed E-state index contributed by atoms with van der Waals surface area (Å²) in [5.74, 6) is 3.45. The third-order valence-electron chi connectivity index (χ3n) is 8.39. The van der Waals surface area contributed by atoms with E-state index < -0.39 is 5.60 Å². The molecule has 2 unspecified atom stereocenters. The summed E-state index contributed by atoms with van der Waals surface area (Å²) >= 11 is 0. The second-order valence-electron chi connectivity index (χ2n) is 12.8. The maximum absolute atomic E-state index is 13.1. The molecule has 0 spiro atoms. The van der Waals surface area contributed by atoms with E-state index in [-0.39, 0.29) is 31.3 Å². The van der Waals surface area contributed by atoms with E-state index in [1.54, 1.807) is 25.3 Å². The zero-order chi connectivity index (χ0) is 33.7. The number of ether oxygens (including phenoxy) is 5. The van der Waals surface area contributed by atoms with Crippen molar-refractivity contribution in [3.05, 3.63) is 108 Å². The van der Waals surface area contributed by atoms with Crippen molar-refractivity contribution in [1.82, 2.24) is 9.88 Å². The van der Waals surface area contributed by atoms with Gasteiger partial charge in [0.15, 0.2) is 5.76 Å². The number of carbonyl (C=O) groups is 1. The molecular weight excluding hydrogens is 608 g/mol. The Morgan fingerprint density at radius 2 is 1.65 bits per heavy atom. The molecule has 6 rings (SSSR count). The summed E-state index contributed by atoms with van der Waals surface area (Å²) in [7, 11) is 3.33. The Balaban J connectivity index is 1.19. The maximum atomic E-state index is 13.1. The lowest BCUT2D eigenvalue weighted by atomic mass is 9.87. The normalized spacial score (nSPS) is 16.5. The van der Waals surface area contributed by atoms with Gasteiger partial charge in [0.2, 0.25) is 5.89 Å². The lowest BCUT2D eigenvalue weighted by Gasteiger charge is -2.39. The number of fused-ring (bicyclic) bond motifs is 1. The topological polar surface area (TPSA) is 92.5 Å². The lowest BCUT2D eigenvalue weighted by Crippen LogP contribution is -2.48. The number of oxazole rings is 1. The van der Waals surface area contributed by atoms with Crippen LogP contribution < -0.4 is 14.2 Å². The largest absolute Gasteiger partial charge is 0.496 e. The molecule has 9 heteroatoms. The van der Waals surface area contributed by atoms with Crippen molar-refractivity contribution in [2.75, 3.05) is 27.3 Å². The van der Waals surface area contributed by atoms with Gasteiger partial charge in [-0.25, -0.2) is 9.78 Å². The average Bonchev–Trinajstić information content (AvgIpc) is 3.58. The molecular formula is C39H42N2O7. The summed E-state index contributed by atoms with van der Waals surface area (Å²) in [5, 5.41) is 1.92. The predicted molar refractivity (Wildman–Crippen MR) is 184 cm³/mol. The van der Waals surface area contributed by atoms with Crippen LogP contribution in [-0.4, -0.2) is 55.0 Å². The molecule has 1 aliphatic heterocycles. The highest BCUT2D eigenvalue weighted by molar-refractivity contribution is 5.94. The first-order valence-corrected chi connectivity index (χ1v) is 16.2. The Bertz CT molecular complexity index is 1830. The van der Waals surface area contributed by atoms with E-state index in [0.29, 0.717) is 36.9 Å². The lowest BCUT2D eigenvalue weighted by molar-refractivity contribution is -0.0363. The number of likely N-dealkylation sites (tertiary alicyclic amines) is 1. The van der Waals surface area contributed by atoms with E-state index >= 15 is 0 Å². The van der Waals surface area contributed by atoms with Gasteiger partial charge in [0.25, 0.3) is 0 Å². The number of hydrogen-bond acceptors (Lipinski definition) is 8. The van der Waals surface area contributed by atoms with Gasteiger partial charge in [0.05, 0.1) is 39.7 Å². The van der Waals surface area contributed by atoms with Crippen molar-refractivity contribution in [3.63, 3.8) is 0 Å². The Morgan fingerprint density at radius 1 is 0.917 bits per heavy atom. The Hall–Kier alpha value is -5.02. The van der Waals surface area contributed by atoms with E-state index in [1.807, 2.05) is 93.6 Å². The summed E-state index contributed by atoms with van der Waals surface area (Å²) in [6.07, 6.45) is 1.76. The zero-order valence-corrected chi connectivity index (χ0v) is 28.1. The molecule has 1 amide bonds. The summed E-state index contributed by atoms with van der Waals surface area (Å²) in [6, 6.07) is 27.8. The predicted octanol–water partition coefficient (Wildman–Crippen LogP) is 8.40. The van der Waals surface area contributed by atoms with E-state index in [4.69, 9.17) is 28.1 Å². The SMILES string of the molecule is COc1cc(COC2CN(C(=O)OC(C)(C)C)CCC2c2ccc(OCc3cnc(-c4ccccc4)o3)cc2)c(OC)c2ccccc12. The fourth-order valence-electron chi connectivity index (χ4n) is 6.10. The van der Waals surface area contributed by atoms with Crippen LogP contribution in [-0.2, 0) is 22.7 Å². The van der Waals surface area contributed by atoms with Crippen LogP contribution in [0.1, 0.15) is 50.0 Å². The van der Waals surface area contributed by atoms with Gasteiger partial charge in [0, 0.05) is 34.4 Å². The molecule has 1 fully saturated rings. The standard InChI is InChI=1S/C39H42N2O7/c1-39(2,3)48-38(42)41-20-19-31(35(23-41)46-24-28-21-34(43-4)32-13-9-10-14-33(32)36(28)44-5)26-15-17-29(18-16-26)45-25-30-22-40-37(47-30)27-11-7-6-8-12-27/h6-18,21-22,31,35H,19-20,23-25H2,1-5H3. The smallest absolute Gasteiger partial charge is 0.410 e. The van der Waals surface area contributed by atoms with E-state index in [1.165, 1.54) is 0 Å². The van der Waals surface area contributed by atoms with Crippen molar-refractivity contribution in [2.24, 2.45) is 0 Å². The summed E-state index contributed by atoms with van der Waals surface area (Å²) < 4.78 is 35.9. The van der Waals surface area contributed by atoms with Crippen LogP contribution in [0.3, 0.4) is 0 Å². The van der Waals surface area contributed by atoms with Crippen LogP contribution in [0.15, 0.2) is 95.5 Å². The number of benzene rings is 4. The number of hydrogen-bond donors (Lipinski definition) is 0. The quantitative estimate of drug-likeness (QED) is 0.149. The number of amides is 1. The molecule has 0 bridgehead atoms. The number of piperidine rings is 1. The minimum atomic E-state index is -0.593. The summed E-state index contributed by atoms with van der Waals surface area (Å²) in [4.78, 5) is 19.2. The molecule has 1 aliphatic rings. The van der Waals surface area contributed by atoms with E-state index in [0.717, 1.165) is 39.0 Å². The number of methoxy groups -OCH3 is 2. The minimum absolute atomic E-state index is 0.0359. The number of aromatic nitrogens is 1. The Kier molecular flexibility index (Phi) is 9.87. The third-order valence-corrected chi connectivity index (χ3v) is 8.39. The highest BCUT2D eigenvalue weighted by atomic mass is 16.6. The molecule has 0 N–H and O–H groups in total. The number of rotatable bonds is 10. The first kappa shape index (κ1) is 32.9. The molecule has 5 aromatic rings. The van der Waals surface area contributed by atoms with Crippen LogP contribution in [0.2, 0.25) is 0 Å². The van der Waals surface area contributed by atoms with Crippen molar-refractivity contribution in [1.29, 1.82) is 0 Å². The zero-order valence-electron chi connectivity index (χ0n) is 28.1. The van der Waals surface area contributed by atoms with Gasteiger partial charge < -0.3 is 33.0 Å². The Labute approximate surface area is 281 Å². The second-order valence-corrected chi connectivity index (χ2v) is 12.8. The van der Waals surface area contributed by atoms with Crippen molar-refractivity contribution >= 4 is 16.9 Å². The number of carbonyl (C=O) groups excluding carboxylic acids is 1. The van der Waals surface area contributed by atoms with Gasteiger partial charge in [-0.2, -0.15) is 0 Å². The van der Waals surface area contributed by atoms with Crippen molar-refractivity contribution < 1.29 is 32.9 Å². The minimum Gasteiger partial charge on any atom is -0.496 e. The van der Waals surface area contributed by atoms with Crippen LogP contribution in [0.5, 0.6) is 17.2 Å². The Morgan fingerprint density at radius 3 is 2.35 bits per heavy atom. The maximum Gasteiger partial charge on any atom is 0.410 e. The fraction of sp³-hybridized carbons (Fsp3) is 0.333. The molecule has 250 valence electrons. The van der Waals surface area contributed by atoms with Gasteiger partial charge in [-0.05, 0) is 63.1 Å². The molecule has 0 radical (unpaired) electrons. The van der Waals surface area contributed by atoms with Crippen LogP contribution in [0.4, 0.5) is 4.79 Å². The van der Waals surface area contributed by atoms with Gasteiger partial charge in [-0.15, -0.1) is 0 Å². The molecule has 2 heterocycles. The fourth-order valence-corrected chi connectivity index (χ4v) is 6.10. The summed E-state index contributed by atoms with van der Waals surface area (Å²) in [6.45, 7) is 7.10. The van der Waals surface area contributed by atoms with Gasteiger partial charge in [-0.1, -0.05) is 54.6 Å². The van der Waals surface area contributed by atoms with Crippen LogP contribution in [0, 0.1) is 0 Å². The third kappa shape index (κ3) is 7.58. The van der Waals surface area contributed by atoms with E-state index in [2.05, 4.69) is 17.1 Å². The average molecular weight is 651 g/mol. The highest BCUT2D eigenvalue weighted by Gasteiger charge is 2.35. The van der Waals surface area contributed by atoms with Gasteiger partial charge in [0.1, 0.15) is 29.5 Å². The summed E-state index contributed by atoms with van der Waals surface area (Å²) in [5.41, 5.74) is 2.29. The molecule has 0 aliphatic carbocycles.